The zero-order valence-electron chi connectivity index (χ0n) is 18.2. The Balaban J connectivity index is 1.26. The fourth-order valence-electron chi connectivity index (χ4n) is 4.77. The summed E-state index contributed by atoms with van der Waals surface area (Å²) in [5.74, 6) is 2.44. The normalized spacial score (nSPS) is 37.4. The van der Waals surface area contributed by atoms with E-state index in [1.54, 1.807) is 0 Å². The fraction of sp³-hybridized carbons (Fsp3) is 0.917. The first kappa shape index (κ1) is 22.3. The van der Waals surface area contributed by atoms with E-state index in [2.05, 4.69) is 26.0 Å². The summed E-state index contributed by atoms with van der Waals surface area (Å²) < 4.78 is 24.0. The van der Waals surface area contributed by atoms with Crippen molar-refractivity contribution in [2.24, 2.45) is 23.7 Å². The molecule has 4 heteroatoms. The van der Waals surface area contributed by atoms with Crippen LogP contribution < -0.4 is 0 Å². The Bertz CT molecular complexity index is 428. The Morgan fingerprint density at radius 2 is 1.46 bits per heavy atom. The molecule has 3 fully saturated rings. The first-order valence-corrected chi connectivity index (χ1v) is 11.9. The predicted molar refractivity (Wildman–Crippen MR) is 112 cm³/mol. The summed E-state index contributed by atoms with van der Waals surface area (Å²) in [7, 11) is 0. The van der Waals surface area contributed by atoms with Gasteiger partial charge in [-0.15, -0.1) is 0 Å². The smallest absolute Gasteiger partial charge is 0.160 e. The third kappa shape index (κ3) is 7.12. The Hall–Kier alpha value is -0.420. The lowest BCUT2D eigenvalue weighted by atomic mass is 9.79. The molecular formula is C24H42O4. The van der Waals surface area contributed by atoms with E-state index in [-0.39, 0.29) is 12.6 Å². The van der Waals surface area contributed by atoms with E-state index in [0.29, 0.717) is 17.8 Å². The van der Waals surface area contributed by atoms with Crippen molar-refractivity contribution in [3.05, 3.63) is 12.2 Å². The second-order valence-electron chi connectivity index (χ2n) is 9.09. The standard InChI is InChI=1S/C24H42O4/c1-3-5-7-19-9-12-22(13-10-19)24-27-17-21(18-28-24)11-14-23-25-15-20(16-26-23)8-6-4-2/h6,8,19-24H,3-5,7,9-18H2,1-2H3/b8-6+. The fourth-order valence-corrected chi connectivity index (χ4v) is 4.77. The topological polar surface area (TPSA) is 36.9 Å². The van der Waals surface area contributed by atoms with Crippen LogP contribution in [-0.4, -0.2) is 39.0 Å². The minimum atomic E-state index is -0.0533. The van der Waals surface area contributed by atoms with Gasteiger partial charge in [-0.2, -0.15) is 0 Å². The van der Waals surface area contributed by atoms with Crippen LogP contribution in [0.15, 0.2) is 12.2 Å². The summed E-state index contributed by atoms with van der Waals surface area (Å²) in [4.78, 5) is 0. The maximum Gasteiger partial charge on any atom is 0.160 e. The summed E-state index contributed by atoms with van der Waals surface area (Å²) in [6, 6.07) is 0. The molecule has 28 heavy (non-hydrogen) atoms. The lowest BCUT2D eigenvalue weighted by molar-refractivity contribution is -0.235. The van der Waals surface area contributed by atoms with E-state index in [1.807, 2.05) is 0 Å². The molecule has 0 spiro atoms. The summed E-state index contributed by atoms with van der Waals surface area (Å²) in [5.41, 5.74) is 0. The zero-order valence-corrected chi connectivity index (χ0v) is 18.2. The molecule has 0 aromatic rings. The molecule has 0 aromatic heterocycles. The van der Waals surface area contributed by atoms with Crippen LogP contribution >= 0.6 is 0 Å². The number of hydrogen-bond donors (Lipinski definition) is 0. The van der Waals surface area contributed by atoms with Crippen molar-refractivity contribution in [1.29, 1.82) is 0 Å². The molecular weight excluding hydrogens is 352 g/mol. The highest BCUT2D eigenvalue weighted by Gasteiger charge is 2.32. The van der Waals surface area contributed by atoms with Crippen LogP contribution in [0, 0.1) is 23.7 Å². The molecule has 1 aliphatic carbocycles. The molecule has 2 saturated heterocycles. The Morgan fingerprint density at radius 1 is 0.750 bits per heavy atom. The summed E-state index contributed by atoms with van der Waals surface area (Å²) in [5, 5.41) is 0. The highest BCUT2D eigenvalue weighted by Crippen LogP contribution is 2.36. The van der Waals surface area contributed by atoms with Gasteiger partial charge in [0.2, 0.25) is 0 Å². The highest BCUT2D eigenvalue weighted by atomic mass is 16.7. The SMILES string of the molecule is CC/C=C/C1COC(CCC2COC(C3CCC(CCCC)CC3)OC2)OC1. The van der Waals surface area contributed by atoms with Gasteiger partial charge >= 0.3 is 0 Å². The molecule has 0 atom stereocenters. The molecule has 3 aliphatic rings. The summed E-state index contributed by atoms with van der Waals surface area (Å²) in [6.45, 7) is 7.66. The van der Waals surface area contributed by atoms with Gasteiger partial charge in [0.15, 0.2) is 12.6 Å². The summed E-state index contributed by atoms with van der Waals surface area (Å²) in [6.07, 6.45) is 16.9. The average Bonchev–Trinajstić information content (AvgIpc) is 2.76. The third-order valence-corrected chi connectivity index (χ3v) is 6.68. The first-order valence-electron chi connectivity index (χ1n) is 11.9. The minimum Gasteiger partial charge on any atom is -0.352 e. The van der Waals surface area contributed by atoms with E-state index in [1.165, 1.54) is 44.9 Å². The molecule has 0 aromatic carbocycles. The number of allylic oxidation sites excluding steroid dienone is 1. The monoisotopic (exact) mass is 394 g/mol. The first-order chi connectivity index (χ1) is 13.8. The Labute approximate surface area is 172 Å². The van der Waals surface area contributed by atoms with Crippen molar-refractivity contribution < 1.29 is 18.9 Å². The molecule has 3 rings (SSSR count). The second-order valence-corrected chi connectivity index (χ2v) is 9.09. The zero-order chi connectivity index (χ0) is 19.6. The molecule has 1 saturated carbocycles. The molecule has 0 unspecified atom stereocenters. The van der Waals surface area contributed by atoms with Gasteiger partial charge in [-0.1, -0.05) is 45.3 Å². The van der Waals surface area contributed by atoms with Gasteiger partial charge in [0, 0.05) is 17.8 Å². The van der Waals surface area contributed by atoms with Gasteiger partial charge in [-0.25, -0.2) is 0 Å². The molecule has 0 radical (unpaired) electrons. The number of ether oxygens (including phenoxy) is 4. The maximum absolute atomic E-state index is 6.13. The van der Waals surface area contributed by atoms with E-state index in [0.717, 1.165) is 51.6 Å². The molecule has 4 nitrogen and oxygen atoms in total. The van der Waals surface area contributed by atoms with Gasteiger partial charge in [0.25, 0.3) is 0 Å². The van der Waals surface area contributed by atoms with Crippen molar-refractivity contribution in [1.82, 2.24) is 0 Å². The number of hydrogen-bond acceptors (Lipinski definition) is 4. The van der Waals surface area contributed by atoms with Crippen LogP contribution in [0.25, 0.3) is 0 Å². The van der Waals surface area contributed by atoms with Gasteiger partial charge in [-0.3, -0.25) is 0 Å². The quantitative estimate of drug-likeness (QED) is 0.470. The second kappa shape index (κ2) is 12.3. The van der Waals surface area contributed by atoms with E-state index < -0.39 is 0 Å². The molecule has 162 valence electrons. The molecule has 0 bridgehead atoms. The van der Waals surface area contributed by atoms with Gasteiger partial charge in [-0.05, 0) is 50.9 Å². The van der Waals surface area contributed by atoms with Gasteiger partial charge in [0.1, 0.15) is 0 Å². The molecule has 2 heterocycles. The summed E-state index contributed by atoms with van der Waals surface area (Å²) >= 11 is 0. The predicted octanol–water partition coefficient (Wildman–Crippen LogP) is 5.71. The molecule has 2 aliphatic heterocycles. The minimum absolute atomic E-state index is 0.0386. The Kier molecular flexibility index (Phi) is 9.79. The van der Waals surface area contributed by atoms with Crippen LogP contribution in [0.4, 0.5) is 0 Å². The largest absolute Gasteiger partial charge is 0.352 e. The van der Waals surface area contributed by atoms with Crippen molar-refractivity contribution in [2.45, 2.75) is 90.6 Å². The van der Waals surface area contributed by atoms with Crippen LogP contribution in [0.3, 0.4) is 0 Å². The van der Waals surface area contributed by atoms with Crippen molar-refractivity contribution in [3.8, 4) is 0 Å². The van der Waals surface area contributed by atoms with E-state index in [9.17, 15) is 0 Å². The van der Waals surface area contributed by atoms with Crippen LogP contribution in [0.2, 0.25) is 0 Å². The maximum atomic E-state index is 6.13. The van der Waals surface area contributed by atoms with Crippen LogP contribution in [-0.2, 0) is 18.9 Å². The van der Waals surface area contributed by atoms with Crippen molar-refractivity contribution >= 4 is 0 Å². The number of rotatable bonds is 9. The van der Waals surface area contributed by atoms with Gasteiger partial charge in [0.05, 0.1) is 26.4 Å². The van der Waals surface area contributed by atoms with Crippen molar-refractivity contribution in [2.75, 3.05) is 26.4 Å². The van der Waals surface area contributed by atoms with Crippen molar-refractivity contribution in [3.63, 3.8) is 0 Å². The van der Waals surface area contributed by atoms with E-state index >= 15 is 0 Å². The third-order valence-electron chi connectivity index (χ3n) is 6.68. The molecule has 0 N–H and O–H groups in total. The lowest BCUT2D eigenvalue weighted by Crippen LogP contribution is -2.39. The molecule has 0 amide bonds. The van der Waals surface area contributed by atoms with E-state index in [4.69, 9.17) is 18.9 Å². The number of unbranched alkanes of at least 4 members (excludes halogenated alkanes) is 1. The lowest BCUT2D eigenvalue weighted by Gasteiger charge is -2.38. The van der Waals surface area contributed by atoms with Crippen LogP contribution in [0.1, 0.15) is 78.1 Å². The van der Waals surface area contributed by atoms with Gasteiger partial charge < -0.3 is 18.9 Å². The highest BCUT2D eigenvalue weighted by molar-refractivity contribution is 4.88. The average molecular weight is 395 g/mol. The van der Waals surface area contributed by atoms with Crippen LogP contribution in [0.5, 0.6) is 0 Å². The Morgan fingerprint density at radius 3 is 2.11 bits per heavy atom.